The van der Waals surface area contributed by atoms with Crippen molar-refractivity contribution in [3.63, 3.8) is 0 Å². The van der Waals surface area contributed by atoms with E-state index in [4.69, 9.17) is 9.84 Å². The van der Waals surface area contributed by atoms with Gasteiger partial charge in [0.05, 0.1) is 24.9 Å². The first-order chi connectivity index (χ1) is 17.7. The number of carbonyl (C=O) groups is 3. The second-order valence-corrected chi connectivity index (χ2v) is 9.12. The van der Waals surface area contributed by atoms with Crippen molar-refractivity contribution in [3.05, 3.63) is 82.1 Å². The van der Waals surface area contributed by atoms with Gasteiger partial charge in [0.25, 0.3) is 0 Å². The van der Waals surface area contributed by atoms with Crippen molar-refractivity contribution in [2.24, 2.45) is 7.05 Å². The number of methoxy groups -OCH3 is 1. The van der Waals surface area contributed by atoms with Crippen molar-refractivity contribution in [3.8, 4) is 5.75 Å². The summed E-state index contributed by atoms with van der Waals surface area (Å²) in [5.74, 6) is -0.553. The molecule has 2 aromatic heterocycles. The number of nitrogens with one attached hydrogen (secondary N) is 3. The third-order valence-corrected chi connectivity index (χ3v) is 6.22. The number of thiazole rings is 1. The molecule has 2 aromatic carbocycles. The fraction of sp³-hybridized carbons (Fsp3) is 0.160. The number of aromatic carboxylic acids is 1. The normalized spacial score (nSPS) is 10.6. The lowest BCUT2D eigenvalue weighted by molar-refractivity contribution is 0.0690. The smallest absolute Gasteiger partial charge is 0.356 e. The standard InChI is InChI=1S/C25H24N6O5S/c1-14-8-9-18(17(10-14)21(32)16-6-4-5-7-20(16)36-3)29-24(35)30-25-27-12-15(37-25)11-26-23-28-19(22(33)34)13-31(23)2/h4-10,12-13H,11H2,1-3H3,(H,26,28)(H,33,34)(H2,27,29,30,35). The number of hydrogen-bond acceptors (Lipinski definition) is 8. The molecule has 0 aliphatic rings. The highest BCUT2D eigenvalue weighted by molar-refractivity contribution is 7.15. The van der Waals surface area contributed by atoms with Gasteiger partial charge in [-0.25, -0.2) is 19.6 Å². The molecule has 11 nitrogen and oxygen atoms in total. The molecule has 0 unspecified atom stereocenters. The van der Waals surface area contributed by atoms with E-state index in [-0.39, 0.29) is 11.5 Å². The van der Waals surface area contributed by atoms with Gasteiger partial charge in [0.2, 0.25) is 5.95 Å². The number of aromatic nitrogens is 3. The van der Waals surface area contributed by atoms with Crippen molar-refractivity contribution >= 4 is 45.9 Å². The SMILES string of the molecule is COc1ccccc1C(=O)c1cc(C)ccc1NC(=O)Nc1ncc(CNc2nc(C(=O)O)cn2C)s1. The first-order valence-electron chi connectivity index (χ1n) is 11.1. The number of imidazole rings is 1. The Hall–Kier alpha value is -4.71. The fourth-order valence-electron chi connectivity index (χ4n) is 3.53. The van der Waals surface area contributed by atoms with E-state index in [2.05, 4.69) is 25.9 Å². The molecule has 0 saturated heterocycles. The lowest BCUT2D eigenvalue weighted by Gasteiger charge is -2.13. The van der Waals surface area contributed by atoms with Crippen LogP contribution in [0.1, 0.15) is 36.9 Å². The third-order valence-electron chi connectivity index (χ3n) is 5.31. The van der Waals surface area contributed by atoms with E-state index in [0.717, 1.165) is 10.4 Å². The number of amides is 2. The van der Waals surface area contributed by atoms with Crippen molar-refractivity contribution in [2.75, 3.05) is 23.1 Å². The number of rotatable bonds is 9. The third kappa shape index (κ3) is 5.93. The topological polar surface area (TPSA) is 147 Å². The molecule has 0 fully saturated rings. The van der Waals surface area contributed by atoms with Crippen LogP contribution >= 0.6 is 11.3 Å². The molecule has 37 heavy (non-hydrogen) atoms. The highest BCUT2D eigenvalue weighted by atomic mass is 32.1. The van der Waals surface area contributed by atoms with E-state index in [1.807, 2.05) is 6.92 Å². The summed E-state index contributed by atoms with van der Waals surface area (Å²) in [6.07, 6.45) is 3.00. The first kappa shape index (κ1) is 25.4. The summed E-state index contributed by atoms with van der Waals surface area (Å²) in [4.78, 5) is 46.1. The molecule has 4 N–H and O–H groups in total. The molecule has 0 aliphatic carbocycles. The predicted molar refractivity (Wildman–Crippen MR) is 140 cm³/mol. The van der Waals surface area contributed by atoms with Gasteiger partial charge in [-0.15, -0.1) is 0 Å². The first-order valence-corrected chi connectivity index (χ1v) is 11.9. The van der Waals surface area contributed by atoms with Crippen LogP contribution in [0.5, 0.6) is 5.75 Å². The van der Waals surface area contributed by atoms with Crippen molar-refractivity contribution in [1.82, 2.24) is 14.5 Å². The number of ether oxygens (including phenoxy) is 1. The minimum absolute atomic E-state index is 0.0620. The number of ketones is 1. The van der Waals surface area contributed by atoms with Gasteiger partial charge >= 0.3 is 12.0 Å². The lowest BCUT2D eigenvalue weighted by atomic mass is 9.99. The van der Waals surface area contributed by atoms with E-state index in [1.54, 1.807) is 60.3 Å². The van der Waals surface area contributed by atoms with Gasteiger partial charge in [-0.3, -0.25) is 10.1 Å². The average molecular weight is 521 g/mol. The molecular weight excluding hydrogens is 496 g/mol. The van der Waals surface area contributed by atoms with Gasteiger partial charge in [-0.1, -0.05) is 35.1 Å². The average Bonchev–Trinajstić information content (AvgIpc) is 3.49. The second kappa shape index (κ2) is 10.9. The molecule has 2 amide bonds. The van der Waals surface area contributed by atoms with Crippen LogP contribution in [0.3, 0.4) is 0 Å². The zero-order chi connectivity index (χ0) is 26.5. The zero-order valence-electron chi connectivity index (χ0n) is 20.2. The maximum atomic E-state index is 13.3. The van der Waals surface area contributed by atoms with Crippen LogP contribution < -0.4 is 20.7 Å². The number of hydrogen-bond donors (Lipinski definition) is 4. The summed E-state index contributed by atoms with van der Waals surface area (Å²) in [7, 11) is 3.18. The molecule has 0 aliphatic heterocycles. The zero-order valence-corrected chi connectivity index (χ0v) is 21.0. The molecule has 0 spiro atoms. The summed E-state index contributed by atoms with van der Waals surface area (Å²) in [5, 5.41) is 17.9. The molecule has 0 bridgehead atoms. The highest BCUT2D eigenvalue weighted by Crippen LogP contribution is 2.27. The number of carboxylic acid groups (broad SMARTS) is 1. The van der Waals surface area contributed by atoms with Crippen molar-refractivity contribution in [2.45, 2.75) is 13.5 Å². The Bertz CT molecular complexity index is 1480. The minimum Gasteiger partial charge on any atom is -0.496 e. The maximum Gasteiger partial charge on any atom is 0.356 e. The molecule has 4 rings (SSSR count). The minimum atomic E-state index is -1.11. The molecule has 2 heterocycles. The quantitative estimate of drug-likeness (QED) is 0.238. The molecule has 0 radical (unpaired) electrons. The Morgan fingerprint density at radius 2 is 1.89 bits per heavy atom. The number of anilines is 3. The molecule has 0 atom stereocenters. The number of aryl methyl sites for hydroxylation is 2. The van der Waals surface area contributed by atoms with Gasteiger partial charge in [0.1, 0.15) is 5.75 Å². The van der Waals surface area contributed by atoms with Crippen molar-refractivity contribution < 1.29 is 24.2 Å². The largest absolute Gasteiger partial charge is 0.496 e. The van der Waals surface area contributed by atoms with Crippen LogP contribution in [0, 0.1) is 6.92 Å². The summed E-state index contributed by atoms with van der Waals surface area (Å²) in [6.45, 7) is 2.20. The Morgan fingerprint density at radius 3 is 2.62 bits per heavy atom. The molecule has 4 aromatic rings. The van der Waals surface area contributed by atoms with Crippen LogP contribution in [0.25, 0.3) is 0 Å². The summed E-state index contributed by atoms with van der Waals surface area (Å²) in [5.41, 5.74) is 1.87. The maximum absolute atomic E-state index is 13.3. The van der Waals surface area contributed by atoms with E-state index >= 15 is 0 Å². The Kier molecular flexibility index (Phi) is 7.49. The summed E-state index contributed by atoms with van der Waals surface area (Å²) >= 11 is 1.24. The number of carbonyl (C=O) groups excluding carboxylic acids is 2. The van der Waals surface area contributed by atoms with Gasteiger partial charge in [-0.2, -0.15) is 0 Å². The van der Waals surface area contributed by atoms with Gasteiger partial charge in [-0.05, 0) is 31.2 Å². The van der Waals surface area contributed by atoms with E-state index < -0.39 is 12.0 Å². The molecule has 0 saturated carbocycles. The summed E-state index contributed by atoms with van der Waals surface area (Å²) < 4.78 is 6.89. The second-order valence-electron chi connectivity index (χ2n) is 8.01. The Morgan fingerprint density at radius 1 is 1.11 bits per heavy atom. The number of nitrogens with zero attached hydrogens (tertiary/aromatic N) is 3. The van der Waals surface area contributed by atoms with E-state index in [1.165, 1.54) is 24.6 Å². The monoisotopic (exact) mass is 520 g/mol. The van der Waals surface area contributed by atoms with Crippen molar-refractivity contribution in [1.29, 1.82) is 0 Å². The molecular formula is C25H24N6O5S. The fourth-order valence-corrected chi connectivity index (χ4v) is 4.28. The Balaban J connectivity index is 1.43. The van der Waals surface area contributed by atoms with Crippen LogP contribution in [-0.4, -0.2) is 44.5 Å². The van der Waals surface area contributed by atoms with Gasteiger partial charge < -0.3 is 25.0 Å². The predicted octanol–water partition coefficient (Wildman–Crippen LogP) is 4.38. The number of carboxylic acids is 1. The lowest BCUT2D eigenvalue weighted by Crippen LogP contribution is -2.21. The van der Waals surface area contributed by atoms with Gasteiger partial charge in [0, 0.05) is 29.9 Å². The molecule has 12 heteroatoms. The number of benzene rings is 2. The van der Waals surface area contributed by atoms with E-state index in [0.29, 0.717) is 40.2 Å². The molecule has 190 valence electrons. The number of para-hydroxylation sites is 1. The van der Waals surface area contributed by atoms with Crippen LogP contribution in [-0.2, 0) is 13.6 Å². The van der Waals surface area contributed by atoms with Gasteiger partial charge in [0.15, 0.2) is 16.6 Å². The Labute approximate surface area is 216 Å². The summed E-state index contributed by atoms with van der Waals surface area (Å²) in [6, 6.07) is 11.5. The highest BCUT2D eigenvalue weighted by Gasteiger charge is 2.19. The van der Waals surface area contributed by atoms with Crippen LogP contribution in [0.15, 0.2) is 54.9 Å². The van der Waals surface area contributed by atoms with E-state index in [9.17, 15) is 14.4 Å². The van der Waals surface area contributed by atoms with Crippen LogP contribution in [0.2, 0.25) is 0 Å². The number of urea groups is 1. The van der Waals surface area contributed by atoms with Crippen LogP contribution in [0.4, 0.5) is 21.6 Å².